The van der Waals surface area contributed by atoms with Gasteiger partial charge < -0.3 is 14.4 Å². The summed E-state index contributed by atoms with van der Waals surface area (Å²) in [6.45, 7) is 1.04. The lowest BCUT2D eigenvalue weighted by molar-refractivity contribution is -0.145. The molecular formula is C16H17NO4. The number of fused-ring (bicyclic) bond motifs is 1. The number of amides is 1. The minimum Gasteiger partial charge on any atom is -0.481 e. The molecule has 1 aromatic heterocycles. The summed E-state index contributed by atoms with van der Waals surface area (Å²) in [6, 6.07) is 7.64. The predicted molar refractivity (Wildman–Crippen MR) is 76.9 cm³/mol. The summed E-state index contributed by atoms with van der Waals surface area (Å²) in [6.07, 6.45) is 3.00. The second-order valence-electron chi connectivity index (χ2n) is 5.43. The summed E-state index contributed by atoms with van der Waals surface area (Å²) in [4.78, 5) is 25.0. The van der Waals surface area contributed by atoms with E-state index in [0.29, 0.717) is 32.4 Å². The Kier molecular flexibility index (Phi) is 3.64. The van der Waals surface area contributed by atoms with E-state index in [-0.39, 0.29) is 11.8 Å². The van der Waals surface area contributed by atoms with Crippen LogP contribution in [0.15, 0.2) is 34.9 Å². The fourth-order valence-electron chi connectivity index (χ4n) is 2.82. The van der Waals surface area contributed by atoms with E-state index >= 15 is 0 Å². The van der Waals surface area contributed by atoms with Crippen molar-refractivity contribution in [1.82, 2.24) is 4.90 Å². The number of aliphatic carboxylic acids is 1. The van der Waals surface area contributed by atoms with Crippen molar-refractivity contribution in [2.24, 2.45) is 5.92 Å². The number of carboxylic acids is 1. The Bertz CT molecular complexity index is 668. The highest BCUT2D eigenvalue weighted by Gasteiger charge is 2.27. The Balaban J connectivity index is 1.66. The van der Waals surface area contributed by atoms with Crippen molar-refractivity contribution in [2.45, 2.75) is 19.3 Å². The molecule has 0 saturated carbocycles. The van der Waals surface area contributed by atoms with Crippen LogP contribution in [0, 0.1) is 5.92 Å². The van der Waals surface area contributed by atoms with Gasteiger partial charge in [-0.2, -0.15) is 0 Å². The smallest absolute Gasteiger partial charge is 0.306 e. The Morgan fingerprint density at radius 1 is 1.24 bits per heavy atom. The number of benzene rings is 1. The molecule has 110 valence electrons. The van der Waals surface area contributed by atoms with Gasteiger partial charge in [-0.05, 0) is 18.9 Å². The van der Waals surface area contributed by atoms with E-state index in [1.807, 2.05) is 24.3 Å². The van der Waals surface area contributed by atoms with Crippen LogP contribution >= 0.6 is 0 Å². The predicted octanol–water partition coefficient (Wildman–Crippen LogP) is 2.30. The van der Waals surface area contributed by atoms with Crippen LogP contribution in [0.3, 0.4) is 0 Å². The number of likely N-dealkylation sites (tertiary alicyclic amines) is 1. The first kappa shape index (κ1) is 13.7. The molecule has 0 bridgehead atoms. The molecular weight excluding hydrogens is 270 g/mol. The Hall–Kier alpha value is -2.30. The number of hydrogen-bond donors (Lipinski definition) is 1. The maximum atomic E-state index is 12.3. The molecule has 1 aromatic carbocycles. The Morgan fingerprint density at radius 3 is 2.67 bits per heavy atom. The molecule has 0 unspecified atom stereocenters. The van der Waals surface area contributed by atoms with Gasteiger partial charge in [0.1, 0.15) is 5.58 Å². The van der Waals surface area contributed by atoms with Crippen molar-refractivity contribution in [3.05, 3.63) is 36.1 Å². The molecule has 3 rings (SSSR count). The lowest BCUT2D eigenvalue weighted by atomic mass is 9.96. The van der Waals surface area contributed by atoms with Gasteiger partial charge in [0.25, 0.3) is 0 Å². The number of piperidine rings is 1. The zero-order valence-electron chi connectivity index (χ0n) is 11.6. The van der Waals surface area contributed by atoms with Crippen molar-refractivity contribution in [2.75, 3.05) is 13.1 Å². The molecule has 0 atom stereocenters. The minimum absolute atomic E-state index is 0.0328. The lowest BCUT2D eigenvalue weighted by Gasteiger charge is -2.30. The van der Waals surface area contributed by atoms with Crippen LogP contribution in [-0.2, 0) is 16.0 Å². The average Bonchev–Trinajstić information content (AvgIpc) is 2.91. The normalized spacial score (nSPS) is 16.3. The zero-order valence-corrected chi connectivity index (χ0v) is 11.6. The monoisotopic (exact) mass is 287 g/mol. The molecule has 1 saturated heterocycles. The number of furan rings is 1. The van der Waals surface area contributed by atoms with Gasteiger partial charge in [-0.25, -0.2) is 0 Å². The molecule has 21 heavy (non-hydrogen) atoms. The second kappa shape index (κ2) is 5.60. The highest BCUT2D eigenvalue weighted by Crippen LogP contribution is 2.23. The van der Waals surface area contributed by atoms with Crippen LogP contribution in [0.5, 0.6) is 0 Å². The molecule has 2 aromatic rings. The van der Waals surface area contributed by atoms with E-state index in [0.717, 1.165) is 16.5 Å². The van der Waals surface area contributed by atoms with E-state index in [2.05, 4.69) is 0 Å². The first-order valence-corrected chi connectivity index (χ1v) is 7.11. The number of carbonyl (C=O) groups excluding carboxylic acids is 1. The third-order valence-corrected chi connectivity index (χ3v) is 4.10. The molecule has 1 fully saturated rings. The molecule has 0 aliphatic carbocycles. The highest BCUT2D eigenvalue weighted by molar-refractivity contribution is 5.87. The van der Waals surface area contributed by atoms with Gasteiger partial charge in [0, 0.05) is 24.0 Å². The molecule has 1 N–H and O–H groups in total. The van der Waals surface area contributed by atoms with Crippen LogP contribution in [-0.4, -0.2) is 35.0 Å². The van der Waals surface area contributed by atoms with E-state index in [9.17, 15) is 9.59 Å². The molecule has 1 aliphatic heterocycles. The maximum Gasteiger partial charge on any atom is 0.306 e. The number of nitrogens with zero attached hydrogens (tertiary/aromatic N) is 1. The first-order valence-electron chi connectivity index (χ1n) is 7.11. The topological polar surface area (TPSA) is 70.8 Å². The van der Waals surface area contributed by atoms with Crippen molar-refractivity contribution in [3.63, 3.8) is 0 Å². The number of carboxylic acid groups (broad SMARTS) is 1. The average molecular weight is 287 g/mol. The summed E-state index contributed by atoms with van der Waals surface area (Å²) in [7, 11) is 0. The van der Waals surface area contributed by atoms with Crippen LogP contribution in [0.1, 0.15) is 18.4 Å². The number of rotatable bonds is 3. The van der Waals surface area contributed by atoms with Crippen molar-refractivity contribution >= 4 is 22.8 Å². The SMILES string of the molecule is O=C(O)C1CCN(C(=O)Cc2coc3ccccc23)CC1. The summed E-state index contributed by atoms with van der Waals surface area (Å²) >= 11 is 0. The number of para-hydroxylation sites is 1. The molecule has 1 aliphatic rings. The third-order valence-electron chi connectivity index (χ3n) is 4.10. The van der Waals surface area contributed by atoms with Gasteiger partial charge in [0.05, 0.1) is 18.6 Å². The van der Waals surface area contributed by atoms with Crippen LogP contribution in [0.4, 0.5) is 0 Å². The van der Waals surface area contributed by atoms with Crippen LogP contribution in [0.25, 0.3) is 11.0 Å². The van der Waals surface area contributed by atoms with Crippen molar-refractivity contribution in [3.8, 4) is 0 Å². The van der Waals surface area contributed by atoms with Crippen LogP contribution in [0.2, 0.25) is 0 Å². The van der Waals surface area contributed by atoms with E-state index in [1.54, 1.807) is 11.2 Å². The lowest BCUT2D eigenvalue weighted by Crippen LogP contribution is -2.40. The minimum atomic E-state index is -0.761. The molecule has 0 radical (unpaired) electrons. The molecule has 5 heteroatoms. The quantitative estimate of drug-likeness (QED) is 0.940. The van der Waals surface area contributed by atoms with Gasteiger partial charge in [0.2, 0.25) is 5.91 Å². The van der Waals surface area contributed by atoms with Gasteiger partial charge in [-0.3, -0.25) is 9.59 Å². The fourth-order valence-corrected chi connectivity index (χ4v) is 2.82. The van der Waals surface area contributed by atoms with Gasteiger partial charge in [-0.15, -0.1) is 0 Å². The number of carbonyl (C=O) groups is 2. The molecule has 2 heterocycles. The Labute approximate surface area is 122 Å². The highest BCUT2D eigenvalue weighted by atomic mass is 16.4. The van der Waals surface area contributed by atoms with Gasteiger partial charge in [0.15, 0.2) is 0 Å². The fraction of sp³-hybridized carbons (Fsp3) is 0.375. The standard InChI is InChI=1S/C16H17NO4/c18-15(17-7-5-11(6-8-17)16(19)20)9-12-10-21-14-4-2-1-3-13(12)14/h1-4,10-11H,5-9H2,(H,19,20). The summed E-state index contributed by atoms with van der Waals surface area (Å²) in [5, 5.41) is 9.94. The van der Waals surface area contributed by atoms with Crippen molar-refractivity contribution < 1.29 is 19.1 Å². The van der Waals surface area contributed by atoms with Crippen molar-refractivity contribution in [1.29, 1.82) is 0 Å². The molecule has 1 amide bonds. The molecule has 5 nitrogen and oxygen atoms in total. The summed E-state index contributed by atoms with van der Waals surface area (Å²) in [5.74, 6) is -1.04. The third kappa shape index (κ3) is 2.77. The summed E-state index contributed by atoms with van der Waals surface area (Å²) in [5.41, 5.74) is 1.67. The molecule has 0 spiro atoms. The van der Waals surface area contributed by atoms with Crippen LogP contribution < -0.4 is 0 Å². The van der Waals surface area contributed by atoms with E-state index in [1.165, 1.54) is 0 Å². The van der Waals surface area contributed by atoms with E-state index < -0.39 is 5.97 Å². The first-order chi connectivity index (χ1) is 10.1. The summed E-state index contributed by atoms with van der Waals surface area (Å²) < 4.78 is 5.44. The largest absolute Gasteiger partial charge is 0.481 e. The maximum absolute atomic E-state index is 12.3. The number of hydrogen-bond acceptors (Lipinski definition) is 3. The van der Waals surface area contributed by atoms with E-state index in [4.69, 9.17) is 9.52 Å². The van der Waals surface area contributed by atoms with Gasteiger partial charge in [-0.1, -0.05) is 18.2 Å². The van der Waals surface area contributed by atoms with Gasteiger partial charge >= 0.3 is 5.97 Å². The Morgan fingerprint density at radius 2 is 1.95 bits per heavy atom. The zero-order chi connectivity index (χ0) is 14.8. The second-order valence-corrected chi connectivity index (χ2v) is 5.43.